The van der Waals surface area contributed by atoms with Crippen LogP contribution in [0.5, 0.6) is 5.75 Å². The molecule has 1 aliphatic rings. The number of anilines is 2. The number of pyridine rings is 3. The lowest BCUT2D eigenvalue weighted by Gasteiger charge is -2.28. The average molecular weight is 615 g/mol. The molecular weight excluding hydrogens is 572 g/mol. The fourth-order valence-corrected chi connectivity index (χ4v) is 4.82. The Morgan fingerprint density at radius 3 is 2.27 bits per heavy atom. The van der Waals surface area contributed by atoms with E-state index in [4.69, 9.17) is 14.2 Å². The third-order valence-electron chi connectivity index (χ3n) is 7.06. The number of nitrogens with zero attached hydrogens (tertiary/aromatic N) is 5. The van der Waals surface area contributed by atoms with E-state index in [0.29, 0.717) is 36.3 Å². The van der Waals surface area contributed by atoms with Gasteiger partial charge < -0.3 is 23.9 Å². The highest BCUT2D eigenvalue weighted by Gasteiger charge is 2.34. The Labute approximate surface area is 263 Å². The molecule has 0 bridgehead atoms. The van der Waals surface area contributed by atoms with Crippen molar-refractivity contribution in [2.24, 2.45) is 0 Å². The van der Waals surface area contributed by atoms with Crippen LogP contribution in [0.1, 0.15) is 88.4 Å². The molecule has 11 heteroatoms. The van der Waals surface area contributed by atoms with Gasteiger partial charge in [0.05, 0.1) is 5.69 Å². The molecule has 45 heavy (non-hydrogen) atoms. The topological polar surface area (TPSA) is 120 Å². The van der Waals surface area contributed by atoms with Crippen molar-refractivity contribution in [1.29, 1.82) is 0 Å². The van der Waals surface area contributed by atoms with E-state index >= 15 is 0 Å². The number of imide groups is 1. The Bertz CT molecular complexity index is 1660. The van der Waals surface area contributed by atoms with E-state index in [1.807, 2.05) is 26.1 Å². The van der Waals surface area contributed by atoms with Gasteiger partial charge in [0.1, 0.15) is 40.8 Å². The van der Waals surface area contributed by atoms with Gasteiger partial charge in [-0.15, -0.1) is 0 Å². The van der Waals surface area contributed by atoms with Crippen LogP contribution in [0.4, 0.5) is 21.2 Å². The number of nitrogens with one attached hydrogen (secondary N) is 1. The molecule has 11 nitrogen and oxygen atoms in total. The van der Waals surface area contributed by atoms with Crippen LogP contribution in [0, 0.1) is 13.8 Å². The zero-order valence-electron chi connectivity index (χ0n) is 27.3. The predicted molar refractivity (Wildman–Crippen MR) is 172 cm³/mol. The summed E-state index contributed by atoms with van der Waals surface area (Å²) in [5.41, 5.74) is 3.84. The Morgan fingerprint density at radius 1 is 0.956 bits per heavy atom. The first-order chi connectivity index (χ1) is 21.1. The molecule has 5 rings (SSSR count). The Morgan fingerprint density at radius 2 is 1.64 bits per heavy atom. The van der Waals surface area contributed by atoms with Gasteiger partial charge >= 0.3 is 12.2 Å². The summed E-state index contributed by atoms with van der Waals surface area (Å²) in [5, 5.41) is 3.33. The quantitative estimate of drug-likeness (QED) is 0.215. The summed E-state index contributed by atoms with van der Waals surface area (Å²) in [4.78, 5) is 40.7. The molecule has 4 aromatic heterocycles. The minimum Gasteiger partial charge on any atom is -0.487 e. The highest BCUT2D eigenvalue weighted by atomic mass is 16.6. The number of hydrogen-bond acceptors (Lipinski definition) is 9. The molecular formula is C34H42N6O5. The maximum Gasteiger partial charge on any atom is 0.425 e. The molecule has 2 amide bonds. The van der Waals surface area contributed by atoms with E-state index in [-0.39, 0.29) is 5.82 Å². The van der Waals surface area contributed by atoms with Crippen molar-refractivity contribution < 1.29 is 23.8 Å². The molecule has 0 spiro atoms. The number of hydrogen-bond donors (Lipinski definition) is 1. The number of aromatic nitrogens is 4. The number of fused-ring (bicyclic) bond motifs is 1. The van der Waals surface area contributed by atoms with Crippen LogP contribution >= 0.6 is 0 Å². The van der Waals surface area contributed by atoms with Gasteiger partial charge in [-0.25, -0.2) is 24.5 Å². The number of aryl methyl sites for hydroxylation is 2. The van der Waals surface area contributed by atoms with Crippen LogP contribution in [-0.4, -0.2) is 42.7 Å². The highest BCUT2D eigenvalue weighted by molar-refractivity contribution is 6.08. The second-order valence-electron chi connectivity index (χ2n) is 13.4. The molecule has 238 valence electrons. The van der Waals surface area contributed by atoms with E-state index in [1.165, 1.54) is 18.4 Å². The molecule has 4 heterocycles. The number of rotatable bonds is 8. The first-order valence-electron chi connectivity index (χ1n) is 15.2. The van der Waals surface area contributed by atoms with Gasteiger partial charge in [0.2, 0.25) is 0 Å². The van der Waals surface area contributed by atoms with Crippen molar-refractivity contribution in [2.75, 3.05) is 10.2 Å². The number of amides is 2. The van der Waals surface area contributed by atoms with E-state index in [1.54, 1.807) is 59.9 Å². The van der Waals surface area contributed by atoms with Gasteiger partial charge in [-0.05, 0) is 109 Å². The lowest BCUT2D eigenvalue weighted by atomic mass is 10.1. The van der Waals surface area contributed by atoms with Crippen LogP contribution < -0.4 is 15.0 Å². The molecule has 1 N–H and O–H groups in total. The van der Waals surface area contributed by atoms with Crippen LogP contribution in [0.15, 0.2) is 48.9 Å². The standard InChI is InChI=1S/C34H42N6O5/c1-21-15-30(40(31(41)44-33(3,4)5)32(42)45-34(6,7)8)37-22(2)27(21)17-36-28-16-26(13-14-35-28)43-20-25-19-39-18-24(23-9-10-23)11-12-29(39)38-25/h11-16,18-19,23H,9-10,17,20H2,1-8H3,(H,35,36). The smallest absolute Gasteiger partial charge is 0.425 e. The predicted octanol–water partition coefficient (Wildman–Crippen LogP) is 7.49. The van der Waals surface area contributed by atoms with Crippen molar-refractivity contribution in [2.45, 2.75) is 98.5 Å². The maximum absolute atomic E-state index is 13.1. The third-order valence-corrected chi connectivity index (χ3v) is 7.06. The van der Waals surface area contributed by atoms with Gasteiger partial charge in [0.15, 0.2) is 0 Å². The van der Waals surface area contributed by atoms with Gasteiger partial charge in [-0.2, -0.15) is 4.90 Å². The maximum atomic E-state index is 13.1. The molecule has 0 aliphatic heterocycles. The molecule has 4 aromatic rings. The zero-order valence-corrected chi connectivity index (χ0v) is 27.3. The summed E-state index contributed by atoms with van der Waals surface area (Å²) in [6.45, 7) is 14.8. The van der Waals surface area contributed by atoms with Gasteiger partial charge in [-0.1, -0.05) is 6.07 Å². The third kappa shape index (κ3) is 8.29. The van der Waals surface area contributed by atoms with Crippen molar-refractivity contribution in [3.8, 4) is 5.75 Å². The molecule has 0 unspecified atom stereocenters. The van der Waals surface area contributed by atoms with Crippen molar-refractivity contribution in [3.05, 3.63) is 77.0 Å². The van der Waals surface area contributed by atoms with Crippen LogP contribution in [0.2, 0.25) is 0 Å². The Hall–Kier alpha value is -4.67. The van der Waals surface area contributed by atoms with E-state index in [0.717, 1.165) is 27.4 Å². The van der Waals surface area contributed by atoms with Gasteiger partial charge in [-0.3, -0.25) is 0 Å². The second kappa shape index (κ2) is 12.4. The fourth-order valence-electron chi connectivity index (χ4n) is 4.82. The Balaban J connectivity index is 1.26. The lowest BCUT2D eigenvalue weighted by Crippen LogP contribution is -2.44. The lowest BCUT2D eigenvalue weighted by molar-refractivity contribution is 0.0429. The molecule has 1 saturated carbocycles. The summed E-state index contributed by atoms with van der Waals surface area (Å²) in [5.74, 6) is 2.10. The summed E-state index contributed by atoms with van der Waals surface area (Å²) in [7, 11) is 0. The van der Waals surface area contributed by atoms with E-state index < -0.39 is 23.4 Å². The van der Waals surface area contributed by atoms with Crippen LogP contribution in [-0.2, 0) is 22.6 Å². The molecule has 0 saturated heterocycles. The highest BCUT2D eigenvalue weighted by Crippen LogP contribution is 2.40. The normalized spacial score (nSPS) is 13.4. The first kappa shape index (κ1) is 31.7. The summed E-state index contributed by atoms with van der Waals surface area (Å²) in [6.07, 6.45) is 6.66. The fraction of sp³-hybridized carbons (Fsp3) is 0.441. The van der Waals surface area contributed by atoms with E-state index in [2.05, 4.69) is 43.0 Å². The van der Waals surface area contributed by atoms with Crippen molar-refractivity contribution in [3.63, 3.8) is 0 Å². The molecule has 1 fully saturated rings. The van der Waals surface area contributed by atoms with Crippen LogP contribution in [0.3, 0.4) is 0 Å². The molecule has 1 aliphatic carbocycles. The summed E-state index contributed by atoms with van der Waals surface area (Å²) in [6, 6.07) is 9.54. The Kier molecular flexibility index (Phi) is 8.73. The van der Waals surface area contributed by atoms with E-state index in [9.17, 15) is 9.59 Å². The van der Waals surface area contributed by atoms with Crippen molar-refractivity contribution in [1.82, 2.24) is 19.4 Å². The SMILES string of the molecule is Cc1cc(N(C(=O)OC(C)(C)C)C(=O)OC(C)(C)C)nc(C)c1CNc1cc(OCc2cn3cc(C4CC4)ccc3n2)ccn1. The van der Waals surface area contributed by atoms with Crippen molar-refractivity contribution >= 4 is 29.5 Å². The number of ether oxygens (including phenoxy) is 3. The summed E-state index contributed by atoms with van der Waals surface area (Å²) < 4.78 is 19.1. The molecule has 0 aromatic carbocycles. The summed E-state index contributed by atoms with van der Waals surface area (Å²) >= 11 is 0. The van der Waals surface area contributed by atoms with Crippen LogP contribution in [0.25, 0.3) is 5.65 Å². The zero-order chi connectivity index (χ0) is 32.5. The average Bonchev–Trinajstić information content (AvgIpc) is 3.69. The van der Waals surface area contributed by atoms with Gasteiger partial charge in [0.25, 0.3) is 0 Å². The first-order valence-corrected chi connectivity index (χ1v) is 15.2. The molecule has 0 atom stereocenters. The second-order valence-corrected chi connectivity index (χ2v) is 13.4. The monoisotopic (exact) mass is 614 g/mol. The number of carbonyl (C=O) groups excluding carboxylic acids is 2. The minimum atomic E-state index is -0.860. The minimum absolute atomic E-state index is 0.126. The molecule has 0 radical (unpaired) electrons. The van der Waals surface area contributed by atoms with Gasteiger partial charge in [0, 0.05) is 36.9 Å². The largest absolute Gasteiger partial charge is 0.487 e. The number of imidazole rings is 1. The number of carbonyl (C=O) groups is 2.